The van der Waals surface area contributed by atoms with Crippen molar-refractivity contribution >= 4 is 0 Å². The van der Waals surface area contributed by atoms with Gasteiger partial charge in [-0.15, -0.1) is 0 Å². The molecule has 0 radical (unpaired) electrons. The fraction of sp³-hybridized carbons (Fsp3) is 0.786. The van der Waals surface area contributed by atoms with Crippen LogP contribution in [-0.2, 0) is 23.7 Å². The third kappa shape index (κ3) is 3.74. The van der Waals surface area contributed by atoms with Gasteiger partial charge in [0.2, 0.25) is 0 Å². The highest BCUT2D eigenvalue weighted by molar-refractivity contribution is 5.67. The van der Waals surface area contributed by atoms with E-state index < -0.39 is 11.2 Å². The highest BCUT2D eigenvalue weighted by Gasteiger charge is 2.92. The summed E-state index contributed by atoms with van der Waals surface area (Å²) in [5.74, 6) is 3.91. The second-order valence-electron chi connectivity index (χ2n) is 28.1. The monoisotopic (exact) mass is 841 g/mol. The first kappa shape index (κ1) is 39.1. The number of likely N-dealkylation sites (tertiary alicyclic amines) is 1. The first-order valence-electron chi connectivity index (χ1n) is 25.4. The Hall–Kier alpha value is -2.12. The summed E-state index contributed by atoms with van der Waals surface area (Å²) in [7, 11) is 0. The number of hydrogen-bond acceptors (Lipinski definition) is 6. The third-order valence-corrected chi connectivity index (χ3v) is 24.1. The number of fused-ring (bicyclic) bond motifs is 4. The molecule has 334 valence electrons. The number of piperidine rings is 2. The first-order chi connectivity index (χ1) is 28.9. The zero-order valence-corrected chi connectivity index (χ0v) is 40.2. The van der Waals surface area contributed by atoms with E-state index in [9.17, 15) is 10.2 Å². The van der Waals surface area contributed by atoms with Crippen LogP contribution in [-0.4, -0.2) is 68.2 Å². The lowest BCUT2D eigenvalue weighted by molar-refractivity contribution is -0.246. The number of rotatable bonds is 4. The molecule has 15 aliphatic rings. The third-order valence-electron chi connectivity index (χ3n) is 24.1. The molecule has 17 rings (SSSR count). The molecule has 9 saturated carbocycles. The van der Waals surface area contributed by atoms with Crippen molar-refractivity contribution in [1.82, 2.24) is 10.2 Å². The summed E-state index contributed by atoms with van der Waals surface area (Å²) in [5, 5.41) is 28.2. The zero-order chi connectivity index (χ0) is 43.4. The molecule has 0 aromatic heterocycles. The van der Waals surface area contributed by atoms with Gasteiger partial charge in [0.15, 0.2) is 0 Å². The van der Waals surface area contributed by atoms with Crippen LogP contribution in [0.15, 0.2) is 24.3 Å². The Labute approximate surface area is 372 Å². The van der Waals surface area contributed by atoms with Gasteiger partial charge in [-0.1, -0.05) is 79.7 Å². The lowest BCUT2D eigenvalue weighted by atomic mass is 9.35. The Morgan fingerprint density at radius 3 is 1.71 bits per heavy atom. The lowest BCUT2D eigenvalue weighted by Crippen LogP contribution is -2.73. The molecule has 3 N–H and O–H groups in total. The van der Waals surface area contributed by atoms with Gasteiger partial charge < -0.3 is 25.0 Å². The molecule has 2 aromatic rings. The average molecular weight is 841 g/mol. The van der Waals surface area contributed by atoms with Crippen molar-refractivity contribution in [2.45, 2.75) is 218 Å². The van der Waals surface area contributed by atoms with E-state index in [-0.39, 0.29) is 67.4 Å². The van der Waals surface area contributed by atoms with Crippen LogP contribution in [0.5, 0.6) is 11.5 Å². The highest BCUT2D eigenvalue weighted by Crippen LogP contribution is 2.88. The van der Waals surface area contributed by atoms with Crippen LogP contribution in [0.4, 0.5) is 0 Å². The molecule has 62 heavy (non-hydrogen) atoms. The van der Waals surface area contributed by atoms with E-state index in [0.29, 0.717) is 23.2 Å². The largest absolute Gasteiger partial charge is 0.488 e. The van der Waals surface area contributed by atoms with E-state index in [1.165, 1.54) is 93.4 Å². The smallest absolute Gasteiger partial charge is 0.126 e. The van der Waals surface area contributed by atoms with E-state index in [1.54, 1.807) is 22.3 Å². The van der Waals surface area contributed by atoms with Gasteiger partial charge in [-0.25, -0.2) is 0 Å². The number of aryl methyl sites for hydroxylation is 2. The topological polar surface area (TPSA) is 83.9 Å². The number of hydrogen-bond donors (Lipinski definition) is 3. The number of benzene rings is 2. The van der Waals surface area contributed by atoms with Gasteiger partial charge in [-0.2, -0.15) is 0 Å². The van der Waals surface area contributed by atoms with Crippen molar-refractivity contribution in [2.75, 3.05) is 6.54 Å². The summed E-state index contributed by atoms with van der Waals surface area (Å²) in [4.78, 5) is 2.98. The Bertz CT molecular complexity index is 2440. The van der Waals surface area contributed by atoms with E-state index in [4.69, 9.17) is 9.47 Å². The van der Waals surface area contributed by atoms with Crippen LogP contribution in [0, 0.1) is 64.1 Å². The van der Waals surface area contributed by atoms with Gasteiger partial charge in [-0.3, -0.25) is 4.90 Å². The van der Waals surface area contributed by atoms with Gasteiger partial charge in [0.1, 0.15) is 23.7 Å². The zero-order valence-electron chi connectivity index (χ0n) is 40.2. The van der Waals surface area contributed by atoms with Crippen LogP contribution >= 0.6 is 0 Å². The molecule has 4 aliphatic heterocycles. The summed E-state index contributed by atoms with van der Waals surface area (Å²) in [6.07, 6.45) is 15.5. The number of nitrogens with zero attached hydrogens (tertiary/aromatic N) is 1. The van der Waals surface area contributed by atoms with Gasteiger partial charge >= 0.3 is 0 Å². The van der Waals surface area contributed by atoms with Crippen molar-refractivity contribution in [2.24, 2.45) is 50.2 Å². The van der Waals surface area contributed by atoms with E-state index >= 15 is 0 Å². The predicted octanol–water partition coefficient (Wildman–Crippen LogP) is 9.66. The molecule has 17 atom stereocenters. The molecule has 11 fully saturated rings. The van der Waals surface area contributed by atoms with Crippen LogP contribution in [0.1, 0.15) is 167 Å². The Morgan fingerprint density at radius 1 is 0.677 bits per heavy atom. The summed E-state index contributed by atoms with van der Waals surface area (Å²) in [5.41, 5.74) is 8.73. The molecule has 6 spiro atoms. The quantitative estimate of drug-likeness (QED) is 0.266. The molecule has 11 aliphatic carbocycles. The van der Waals surface area contributed by atoms with Crippen molar-refractivity contribution in [3.8, 4) is 11.5 Å². The average Bonchev–Trinajstić information content (AvgIpc) is 4.12. The maximum Gasteiger partial charge on any atom is 0.126 e. The molecular formula is C56H76N2O4. The molecule has 4 heterocycles. The standard InChI is InChI=1S/C30H41NO2.C26H35NO2/c1-17-7-10-19-13-29-16-30-21(19)22(17)33-24(30)26(5)11-12-28(30,23(29)31(29)15-18-8-9-18)14-20(26)27(6,32)25(2,3)4;1-14-7-8-15-11-25-13-26-17(15)18(14)29-20(26)22(5)9-10-24(26,19(25)27-25)12-16(22)23(6,28)21(2,3)4/h7,10,18,20,23-24,32H,8-9,11-16H2,1-6H3;7-8,16,19-20,27-28H,9-13H2,1-6H3/t20?,23-,24?,26?,27?,28?,29+,30-,31?;16?,19-,20?,22?,23?,24?,25+,26-/m00/s1. The summed E-state index contributed by atoms with van der Waals surface area (Å²) < 4.78 is 14.2. The molecular weight excluding hydrogens is 765 g/mol. The van der Waals surface area contributed by atoms with Gasteiger partial charge in [0.05, 0.1) is 11.2 Å². The van der Waals surface area contributed by atoms with Crippen LogP contribution < -0.4 is 14.8 Å². The Balaban J connectivity index is 0.000000122. The first-order valence-corrected chi connectivity index (χ1v) is 25.4. The summed E-state index contributed by atoms with van der Waals surface area (Å²) in [6.45, 7) is 28.4. The summed E-state index contributed by atoms with van der Waals surface area (Å²) >= 11 is 0. The van der Waals surface area contributed by atoms with E-state index in [2.05, 4.69) is 118 Å². The minimum absolute atomic E-state index is 0.0105. The molecule has 11 unspecified atom stereocenters. The van der Waals surface area contributed by atoms with E-state index in [0.717, 1.165) is 18.8 Å². The molecule has 8 bridgehead atoms. The molecule has 6 nitrogen and oxygen atoms in total. The van der Waals surface area contributed by atoms with Gasteiger partial charge in [0.25, 0.3) is 0 Å². The van der Waals surface area contributed by atoms with Crippen molar-refractivity contribution in [3.63, 3.8) is 0 Å². The normalized spacial score (nSPS) is 51.7. The fourth-order valence-corrected chi connectivity index (χ4v) is 20.3. The number of ether oxygens (including phenoxy) is 2. The molecule has 0 amide bonds. The Kier molecular flexibility index (Phi) is 6.54. The molecule has 2 aromatic carbocycles. The predicted molar refractivity (Wildman–Crippen MR) is 243 cm³/mol. The maximum atomic E-state index is 12.2. The second kappa shape index (κ2) is 10.4. The minimum Gasteiger partial charge on any atom is -0.488 e. The molecule has 2 saturated heterocycles. The van der Waals surface area contributed by atoms with Crippen molar-refractivity contribution < 1.29 is 19.7 Å². The fourth-order valence-electron chi connectivity index (χ4n) is 20.3. The number of aliphatic hydroxyl groups is 2. The molecule has 6 heteroatoms. The summed E-state index contributed by atoms with van der Waals surface area (Å²) in [6, 6.07) is 10.7. The minimum atomic E-state index is -0.717. The van der Waals surface area contributed by atoms with Crippen molar-refractivity contribution in [3.05, 3.63) is 57.6 Å². The SMILES string of the molecule is Cc1ccc2c3c1OC1C4(C)CCC5(CC4C(C)(O)C(C)(C)C)[C@@H]4N(CC6CC6)[C@]4(C2)C[C@]315.Cc1ccc2c3c1OC1C4(C)CCC5(CC4C(C)(O)C(C)(C)C)[C@@H]4N[C@]4(C2)C[C@]315. The second-order valence-corrected chi connectivity index (χ2v) is 28.1. The maximum absolute atomic E-state index is 12.2. The number of nitrogens with one attached hydrogen (secondary N) is 1. The van der Waals surface area contributed by atoms with E-state index in [1.807, 2.05) is 0 Å². The van der Waals surface area contributed by atoms with Crippen molar-refractivity contribution in [1.29, 1.82) is 0 Å². The van der Waals surface area contributed by atoms with Crippen LogP contribution in [0.3, 0.4) is 0 Å². The lowest BCUT2D eigenvalue weighted by Gasteiger charge is -2.70. The van der Waals surface area contributed by atoms with Crippen LogP contribution in [0.2, 0.25) is 0 Å². The van der Waals surface area contributed by atoms with Gasteiger partial charge in [-0.05, 0) is 156 Å². The Morgan fingerprint density at radius 2 is 1.18 bits per heavy atom. The van der Waals surface area contributed by atoms with Gasteiger partial charge in [0, 0.05) is 73.3 Å². The van der Waals surface area contributed by atoms with Crippen LogP contribution in [0.25, 0.3) is 0 Å². The highest BCUT2D eigenvalue weighted by atomic mass is 16.5.